The summed E-state index contributed by atoms with van der Waals surface area (Å²) in [4.78, 5) is 0. The van der Waals surface area contributed by atoms with E-state index in [1.54, 1.807) is 0 Å². The first kappa shape index (κ1) is 9.16. The molecule has 0 aromatic rings. The molecule has 2 bridgehead atoms. The SMILES string of the molecule is Cl.FC(F)C12CNC(CO1)C2. The summed E-state index contributed by atoms with van der Waals surface area (Å²) in [6.07, 6.45) is -1.86. The summed E-state index contributed by atoms with van der Waals surface area (Å²) in [7, 11) is 0. The standard InChI is InChI=1S/C6H9F2NO.ClH/c7-5(8)6-1-4(2-10-6)9-3-6;/h4-5,9H,1-3H2;1H. The maximum atomic E-state index is 12.3. The summed E-state index contributed by atoms with van der Waals surface area (Å²) in [6.45, 7) is 0.764. The Labute approximate surface area is 69.7 Å². The molecule has 2 aliphatic rings. The van der Waals surface area contributed by atoms with E-state index in [2.05, 4.69) is 5.32 Å². The van der Waals surface area contributed by atoms with Gasteiger partial charge in [-0.05, 0) is 0 Å². The third-order valence-corrected chi connectivity index (χ3v) is 2.25. The second-order valence-electron chi connectivity index (χ2n) is 2.96. The Morgan fingerprint density at radius 2 is 2.27 bits per heavy atom. The van der Waals surface area contributed by atoms with Gasteiger partial charge in [-0.1, -0.05) is 0 Å². The van der Waals surface area contributed by atoms with E-state index < -0.39 is 12.0 Å². The fourth-order valence-corrected chi connectivity index (χ4v) is 1.60. The number of alkyl halides is 2. The van der Waals surface area contributed by atoms with E-state index in [1.165, 1.54) is 0 Å². The van der Waals surface area contributed by atoms with Crippen LogP contribution in [-0.4, -0.2) is 31.2 Å². The lowest BCUT2D eigenvalue weighted by molar-refractivity contribution is -0.109. The first-order valence-corrected chi connectivity index (χ1v) is 3.38. The molecule has 2 unspecified atom stereocenters. The number of hydrogen-bond donors (Lipinski definition) is 1. The van der Waals surface area contributed by atoms with Gasteiger partial charge >= 0.3 is 0 Å². The van der Waals surface area contributed by atoms with E-state index in [0.29, 0.717) is 19.6 Å². The minimum absolute atomic E-state index is 0. The Balaban J connectivity index is 0.000000605. The maximum Gasteiger partial charge on any atom is 0.268 e. The van der Waals surface area contributed by atoms with Crippen molar-refractivity contribution in [2.24, 2.45) is 0 Å². The Hall–Kier alpha value is 0.0700. The predicted molar refractivity (Wildman–Crippen MR) is 38.3 cm³/mol. The second kappa shape index (κ2) is 2.84. The molecular formula is C6H10ClF2NO. The van der Waals surface area contributed by atoms with Crippen molar-refractivity contribution in [1.29, 1.82) is 0 Å². The van der Waals surface area contributed by atoms with Crippen LogP contribution in [0.4, 0.5) is 8.78 Å². The van der Waals surface area contributed by atoms with Gasteiger partial charge in [0.15, 0.2) is 0 Å². The Kier molecular flexibility index (Phi) is 2.37. The van der Waals surface area contributed by atoms with E-state index in [0.717, 1.165) is 0 Å². The summed E-state index contributed by atoms with van der Waals surface area (Å²) in [5, 5.41) is 2.97. The van der Waals surface area contributed by atoms with Crippen LogP contribution in [0.2, 0.25) is 0 Å². The molecule has 1 N–H and O–H groups in total. The fourth-order valence-electron chi connectivity index (χ4n) is 1.60. The molecule has 2 heterocycles. The number of nitrogens with one attached hydrogen (secondary N) is 1. The molecule has 0 amide bonds. The number of hydrogen-bond acceptors (Lipinski definition) is 2. The van der Waals surface area contributed by atoms with Crippen molar-refractivity contribution in [2.75, 3.05) is 13.2 Å². The van der Waals surface area contributed by atoms with Crippen molar-refractivity contribution in [3.63, 3.8) is 0 Å². The quantitative estimate of drug-likeness (QED) is 0.653. The lowest BCUT2D eigenvalue weighted by atomic mass is 10.0. The minimum Gasteiger partial charge on any atom is -0.366 e. The van der Waals surface area contributed by atoms with E-state index in [9.17, 15) is 8.78 Å². The molecule has 2 rings (SSSR count). The van der Waals surface area contributed by atoms with E-state index in [4.69, 9.17) is 4.74 Å². The zero-order chi connectivity index (χ0) is 7.19. The predicted octanol–water partition coefficient (Wildman–Crippen LogP) is 0.804. The number of halogens is 3. The van der Waals surface area contributed by atoms with Crippen molar-refractivity contribution in [3.05, 3.63) is 0 Å². The smallest absolute Gasteiger partial charge is 0.268 e. The zero-order valence-electron chi connectivity index (χ0n) is 5.85. The van der Waals surface area contributed by atoms with Crippen LogP contribution < -0.4 is 5.32 Å². The van der Waals surface area contributed by atoms with Crippen LogP contribution >= 0.6 is 12.4 Å². The molecule has 5 heteroatoms. The summed E-state index contributed by atoms with van der Waals surface area (Å²) in [5.41, 5.74) is -1.13. The highest BCUT2D eigenvalue weighted by Crippen LogP contribution is 2.36. The summed E-state index contributed by atoms with van der Waals surface area (Å²) in [6, 6.07) is 0.175. The Morgan fingerprint density at radius 3 is 2.45 bits per heavy atom. The topological polar surface area (TPSA) is 21.3 Å². The first-order valence-electron chi connectivity index (χ1n) is 3.38. The van der Waals surface area contributed by atoms with Gasteiger partial charge in [-0.2, -0.15) is 0 Å². The number of rotatable bonds is 1. The number of fused-ring (bicyclic) bond motifs is 2. The van der Waals surface area contributed by atoms with Crippen molar-refractivity contribution in [3.8, 4) is 0 Å². The van der Waals surface area contributed by atoms with E-state index >= 15 is 0 Å². The lowest BCUT2D eigenvalue weighted by Gasteiger charge is -2.25. The molecule has 2 atom stereocenters. The molecule has 0 aliphatic carbocycles. The highest BCUT2D eigenvalue weighted by molar-refractivity contribution is 5.85. The van der Waals surface area contributed by atoms with Gasteiger partial charge in [0.25, 0.3) is 6.43 Å². The average Bonchev–Trinajstić information content (AvgIpc) is 2.45. The van der Waals surface area contributed by atoms with Crippen molar-refractivity contribution < 1.29 is 13.5 Å². The van der Waals surface area contributed by atoms with Gasteiger partial charge in [0.1, 0.15) is 5.60 Å². The molecule has 11 heavy (non-hydrogen) atoms. The summed E-state index contributed by atoms with van der Waals surface area (Å²) < 4.78 is 29.5. The van der Waals surface area contributed by atoms with E-state index in [1.807, 2.05) is 0 Å². The van der Waals surface area contributed by atoms with Gasteiger partial charge in [-0.15, -0.1) is 12.4 Å². The normalized spacial score (nSPS) is 41.2. The molecule has 0 aromatic heterocycles. The molecule has 2 aliphatic heterocycles. The summed E-state index contributed by atoms with van der Waals surface area (Å²) >= 11 is 0. The van der Waals surface area contributed by atoms with Crippen molar-refractivity contribution in [2.45, 2.75) is 24.5 Å². The largest absolute Gasteiger partial charge is 0.366 e. The third kappa shape index (κ3) is 1.23. The van der Waals surface area contributed by atoms with Gasteiger partial charge in [-0.3, -0.25) is 0 Å². The fraction of sp³-hybridized carbons (Fsp3) is 1.00. The average molecular weight is 186 g/mol. The molecule has 0 radical (unpaired) electrons. The molecule has 2 saturated heterocycles. The van der Waals surface area contributed by atoms with Crippen molar-refractivity contribution >= 4 is 12.4 Å². The second-order valence-corrected chi connectivity index (χ2v) is 2.96. The number of ether oxygens (including phenoxy) is 1. The first-order chi connectivity index (χ1) is 4.73. The molecule has 66 valence electrons. The van der Waals surface area contributed by atoms with Gasteiger partial charge in [0.2, 0.25) is 0 Å². The molecule has 0 spiro atoms. The molecule has 0 saturated carbocycles. The Bertz CT molecular complexity index is 148. The maximum absolute atomic E-state index is 12.3. The monoisotopic (exact) mass is 185 g/mol. The van der Waals surface area contributed by atoms with Crippen molar-refractivity contribution in [1.82, 2.24) is 5.32 Å². The van der Waals surface area contributed by atoms with Crippen LogP contribution in [0.25, 0.3) is 0 Å². The zero-order valence-corrected chi connectivity index (χ0v) is 6.66. The van der Waals surface area contributed by atoms with Crippen LogP contribution in [0.1, 0.15) is 6.42 Å². The Morgan fingerprint density at radius 1 is 1.55 bits per heavy atom. The highest BCUT2D eigenvalue weighted by Gasteiger charge is 2.52. The van der Waals surface area contributed by atoms with Gasteiger partial charge < -0.3 is 10.1 Å². The number of morpholine rings is 1. The molecule has 2 fully saturated rings. The van der Waals surface area contributed by atoms with Gasteiger partial charge in [0.05, 0.1) is 6.61 Å². The highest BCUT2D eigenvalue weighted by atomic mass is 35.5. The van der Waals surface area contributed by atoms with Crippen LogP contribution in [0.15, 0.2) is 0 Å². The third-order valence-electron chi connectivity index (χ3n) is 2.25. The minimum atomic E-state index is -2.34. The molecule has 0 aromatic carbocycles. The van der Waals surface area contributed by atoms with Crippen LogP contribution in [0.5, 0.6) is 0 Å². The van der Waals surface area contributed by atoms with Crippen LogP contribution in [0.3, 0.4) is 0 Å². The van der Waals surface area contributed by atoms with E-state index in [-0.39, 0.29) is 18.4 Å². The van der Waals surface area contributed by atoms with Gasteiger partial charge in [0, 0.05) is 19.0 Å². The lowest BCUT2D eigenvalue weighted by Crippen LogP contribution is -2.44. The molecule has 2 nitrogen and oxygen atoms in total. The van der Waals surface area contributed by atoms with Gasteiger partial charge in [-0.25, -0.2) is 8.78 Å². The van der Waals surface area contributed by atoms with Crippen LogP contribution in [0, 0.1) is 0 Å². The summed E-state index contributed by atoms with van der Waals surface area (Å²) in [5.74, 6) is 0. The van der Waals surface area contributed by atoms with Crippen LogP contribution in [-0.2, 0) is 4.74 Å². The molecular weight excluding hydrogens is 176 g/mol.